The van der Waals surface area contributed by atoms with E-state index in [2.05, 4.69) is 4.74 Å². The Hall–Kier alpha value is -1.48. The standard InChI is InChI=1S/C8H7F6NO3/c1-5(2)3(16)15-6(7(9,10)11,8(12,13)14)18-4(5)17/h1-2H3,(H,15,16). The van der Waals surface area contributed by atoms with Crippen LogP contribution in [0, 0.1) is 5.41 Å². The fraction of sp³-hybridized carbons (Fsp3) is 0.750. The van der Waals surface area contributed by atoms with Gasteiger partial charge in [-0.05, 0) is 13.8 Å². The van der Waals surface area contributed by atoms with E-state index in [1.54, 1.807) is 0 Å². The minimum atomic E-state index is -6.02. The summed E-state index contributed by atoms with van der Waals surface area (Å²) in [5, 5.41) is 0.698. The molecule has 0 aromatic heterocycles. The first-order valence-corrected chi connectivity index (χ1v) is 4.45. The van der Waals surface area contributed by atoms with Gasteiger partial charge >= 0.3 is 24.0 Å². The van der Waals surface area contributed by atoms with Crippen LogP contribution in [0.3, 0.4) is 0 Å². The number of alkyl halides is 6. The molecule has 0 saturated carbocycles. The second-order valence-electron chi connectivity index (χ2n) is 4.15. The smallest absolute Gasteiger partial charge is 0.420 e. The zero-order chi connectivity index (χ0) is 14.6. The van der Waals surface area contributed by atoms with Gasteiger partial charge in [-0.2, -0.15) is 26.3 Å². The average Bonchev–Trinajstić information content (AvgIpc) is 2.10. The van der Waals surface area contributed by atoms with Crippen molar-refractivity contribution in [3.8, 4) is 0 Å². The lowest BCUT2D eigenvalue weighted by Crippen LogP contribution is -2.75. The lowest BCUT2D eigenvalue weighted by atomic mass is 9.89. The fourth-order valence-corrected chi connectivity index (χ4v) is 1.12. The molecular formula is C8H7F6NO3. The Morgan fingerprint density at radius 3 is 1.67 bits per heavy atom. The molecule has 1 rings (SSSR count). The summed E-state index contributed by atoms with van der Waals surface area (Å²) >= 11 is 0. The molecule has 1 heterocycles. The van der Waals surface area contributed by atoms with Gasteiger partial charge in [0, 0.05) is 0 Å². The van der Waals surface area contributed by atoms with Crippen molar-refractivity contribution < 1.29 is 40.7 Å². The van der Waals surface area contributed by atoms with Crippen molar-refractivity contribution >= 4 is 11.9 Å². The monoisotopic (exact) mass is 279 g/mol. The number of carbonyl (C=O) groups excluding carboxylic acids is 2. The Morgan fingerprint density at radius 2 is 1.39 bits per heavy atom. The van der Waals surface area contributed by atoms with Crippen molar-refractivity contribution in [3.05, 3.63) is 0 Å². The molecule has 0 aromatic carbocycles. The summed E-state index contributed by atoms with van der Waals surface area (Å²) in [6, 6.07) is 0. The number of esters is 1. The number of carbonyl (C=O) groups is 2. The maximum absolute atomic E-state index is 12.5. The van der Waals surface area contributed by atoms with Crippen LogP contribution in [0.2, 0.25) is 0 Å². The molecule has 1 aliphatic heterocycles. The van der Waals surface area contributed by atoms with Gasteiger partial charge in [0.25, 0.3) is 0 Å². The predicted molar refractivity (Wildman–Crippen MR) is 42.9 cm³/mol. The molecule has 18 heavy (non-hydrogen) atoms. The highest BCUT2D eigenvalue weighted by Gasteiger charge is 2.78. The molecule has 0 radical (unpaired) electrons. The number of nitrogens with one attached hydrogen (secondary N) is 1. The molecule has 104 valence electrons. The van der Waals surface area contributed by atoms with E-state index in [0.717, 1.165) is 13.8 Å². The maximum atomic E-state index is 12.5. The highest BCUT2D eigenvalue weighted by atomic mass is 19.4. The molecule has 0 aliphatic carbocycles. The van der Waals surface area contributed by atoms with Crippen molar-refractivity contribution in [1.29, 1.82) is 0 Å². The molecule has 0 aromatic rings. The van der Waals surface area contributed by atoms with Gasteiger partial charge in [-0.25, -0.2) is 0 Å². The van der Waals surface area contributed by atoms with Crippen LogP contribution in [-0.4, -0.2) is 30.0 Å². The lowest BCUT2D eigenvalue weighted by molar-refractivity contribution is -0.383. The molecule has 0 bridgehead atoms. The van der Waals surface area contributed by atoms with Crippen LogP contribution in [0.5, 0.6) is 0 Å². The zero-order valence-corrected chi connectivity index (χ0v) is 8.99. The van der Waals surface area contributed by atoms with E-state index in [0.29, 0.717) is 5.32 Å². The summed E-state index contributed by atoms with van der Waals surface area (Å²) in [6.07, 6.45) is -12.0. The third-order valence-electron chi connectivity index (χ3n) is 2.41. The Bertz CT molecular complexity index is 361. The van der Waals surface area contributed by atoms with Crippen molar-refractivity contribution in [2.24, 2.45) is 5.41 Å². The van der Waals surface area contributed by atoms with Crippen LogP contribution >= 0.6 is 0 Å². The molecular weight excluding hydrogens is 272 g/mol. The van der Waals surface area contributed by atoms with E-state index in [1.165, 1.54) is 0 Å². The number of hydrogen-bond donors (Lipinski definition) is 1. The largest absolute Gasteiger partial charge is 0.458 e. The number of hydrogen-bond acceptors (Lipinski definition) is 3. The van der Waals surface area contributed by atoms with E-state index in [4.69, 9.17) is 0 Å². The molecule has 1 amide bonds. The van der Waals surface area contributed by atoms with E-state index in [9.17, 15) is 35.9 Å². The van der Waals surface area contributed by atoms with Gasteiger partial charge in [0.1, 0.15) is 5.41 Å². The third kappa shape index (κ3) is 1.79. The molecule has 0 atom stereocenters. The summed E-state index contributed by atoms with van der Waals surface area (Å²) < 4.78 is 78.3. The van der Waals surface area contributed by atoms with Crippen molar-refractivity contribution in [2.75, 3.05) is 0 Å². The van der Waals surface area contributed by atoms with E-state index >= 15 is 0 Å². The quantitative estimate of drug-likeness (QED) is 0.415. The second kappa shape index (κ2) is 3.51. The van der Waals surface area contributed by atoms with Gasteiger partial charge in [-0.15, -0.1) is 0 Å². The fourth-order valence-electron chi connectivity index (χ4n) is 1.12. The first kappa shape index (κ1) is 14.6. The van der Waals surface area contributed by atoms with Gasteiger partial charge in [-0.3, -0.25) is 9.59 Å². The number of cyclic esters (lactones) is 1. The topological polar surface area (TPSA) is 55.4 Å². The molecule has 4 nitrogen and oxygen atoms in total. The summed E-state index contributed by atoms with van der Waals surface area (Å²) in [6.45, 7) is 1.70. The van der Waals surface area contributed by atoms with E-state index in [-0.39, 0.29) is 0 Å². The van der Waals surface area contributed by atoms with Crippen molar-refractivity contribution in [2.45, 2.75) is 31.9 Å². The number of ether oxygens (including phenoxy) is 1. The Labute approximate surface area is 96.3 Å². The number of halogens is 6. The molecule has 1 fully saturated rings. The van der Waals surface area contributed by atoms with Crippen LogP contribution in [-0.2, 0) is 14.3 Å². The van der Waals surface area contributed by atoms with Crippen molar-refractivity contribution in [1.82, 2.24) is 5.32 Å². The predicted octanol–water partition coefficient (Wildman–Crippen LogP) is 1.51. The highest BCUT2D eigenvalue weighted by Crippen LogP contribution is 2.47. The maximum Gasteiger partial charge on any atom is 0.458 e. The lowest BCUT2D eigenvalue weighted by Gasteiger charge is -2.43. The highest BCUT2D eigenvalue weighted by molar-refractivity contribution is 6.04. The normalized spacial score (nSPS) is 23.3. The Balaban J connectivity index is 3.36. The first-order chi connectivity index (χ1) is 7.76. The van der Waals surface area contributed by atoms with Crippen LogP contribution < -0.4 is 5.32 Å². The van der Waals surface area contributed by atoms with Crippen LogP contribution in [0.25, 0.3) is 0 Å². The van der Waals surface area contributed by atoms with Crippen LogP contribution in [0.4, 0.5) is 26.3 Å². The van der Waals surface area contributed by atoms with Gasteiger partial charge in [0.2, 0.25) is 5.91 Å². The van der Waals surface area contributed by atoms with Crippen molar-refractivity contribution in [3.63, 3.8) is 0 Å². The van der Waals surface area contributed by atoms with Gasteiger partial charge in [-0.1, -0.05) is 0 Å². The minimum absolute atomic E-state index is 0.698. The van der Waals surface area contributed by atoms with Gasteiger partial charge in [0.15, 0.2) is 0 Å². The average molecular weight is 279 g/mol. The molecule has 1 aliphatic rings. The first-order valence-electron chi connectivity index (χ1n) is 4.45. The molecule has 0 spiro atoms. The molecule has 1 N–H and O–H groups in total. The zero-order valence-electron chi connectivity index (χ0n) is 8.99. The third-order valence-corrected chi connectivity index (χ3v) is 2.41. The molecule has 1 saturated heterocycles. The van der Waals surface area contributed by atoms with Gasteiger partial charge < -0.3 is 10.1 Å². The summed E-state index contributed by atoms with van der Waals surface area (Å²) in [4.78, 5) is 22.4. The Morgan fingerprint density at radius 1 is 1.00 bits per heavy atom. The minimum Gasteiger partial charge on any atom is -0.420 e. The number of amides is 1. The SMILES string of the molecule is CC1(C)C(=O)NC(C(F)(F)F)(C(F)(F)F)OC1=O. The summed E-state index contributed by atoms with van der Waals surface area (Å²) in [7, 11) is 0. The van der Waals surface area contributed by atoms with Crippen LogP contribution in [0.1, 0.15) is 13.8 Å². The van der Waals surface area contributed by atoms with Gasteiger partial charge in [0.05, 0.1) is 0 Å². The van der Waals surface area contributed by atoms with E-state index in [1.807, 2.05) is 0 Å². The second-order valence-corrected chi connectivity index (χ2v) is 4.15. The summed E-state index contributed by atoms with van der Waals surface area (Å²) in [5.41, 5.74) is -7.12. The molecule has 0 unspecified atom stereocenters. The molecule has 10 heteroatoms. The Kier molecular flexibility index (Phi) is 2.85. The van der Waals surface area contributed by atoms with E-state index < -0.39 is 35.4 Å². The summed E-state index contributed by atoms with van der Waals surface area (Å²) in [5.74, 6) is -3.62. The van der Waals surface area contributed by atoms with Crippen LogP contribution in [0.15, 0.2) is 0 Å². The number of rotatable bonds is 0.